The molecule has 0 radical (unpaired) electrons. The molecule has 3 heteroatoms. The van der Waals surface area contributed by atoms with Crippen LogP contribution in [0.25, 0.3) is 0 Å². The van der Waals surface area contributed by atoms with Gasteiger partial charge in [-0.2, -0.15) is 0 Å². The van der Waals surface area contributed by atoms with E-state index in [1.807, 2.05) is 0 Å². The monoisotopic (exact) mass is 295 g/mol. The van der Waals surface area contributed by atoms with Crippen LogP contribution in [-0.2, 0) is 10.8 Å². The summed E-state index contributed by atoms with van der Waals surface area (Å²) in [5, 5.41) is 3.83. The first-order chi connectivity index (χ1) is 9.47. The molecule has 1 aromatic rings. The molecule has 0 heterocycles. The molecule has 0 aliphatic heterocycles. The summed E-state index contributed by atoms with van der Waals surface area (Å²) in [6.45, 7) is 11.6. The van der Waals surface area contributed by atoms with Gasteiger partial charge in [0.05, 0.1) is 0 Å². The van der Waals surface area contributed by atoms with Crippen molar-refractivity contribution in [3.63, 3.8) is 0 Å². The first-order valence-corrected chi connectivity index (χ1v) is 9.04. The molecule has 2 nitrogen and oxygen atoms in total. The fraction of sp³-hybridized carbons (Fsp3) is 0.647. The maximum absolute atomic E-state index is 12.4. The first kappa shape index (κ1) is 17.4. The van der Waals surface area contributed by atoms with Crippen LogP contribution in [0.3, 0.4) is 0 Å². The van der Waals surface area contributed by atoms with Crippen LogP contribution in [0.2, 0.25) is 0 Å². The molecule has 0 amide bonds. The molecule has 1 aromatic carbocycles. The van der Waals surface area contributed by atoms with Gasteiger partial charge in [-0.25, -0.2) is 0 Å². The number of rotatable bonds is 8. The van der Waals surface area contributed by atoms with E-state index in [1.165, 1.54) is 16.7 Å². The fourth-order valence-electron chi connectivity index (χ4n) is 2.32. The van der Waals surface area contributed by atoms with Crippen LogP contribution < -0.4 is 5.32 Å². The Balaban J connectivity index is 2.90. The summed E-state index contributed by atoms with van der Waals surface area (Å²) in [5.74, 6) is 0.706. The van der Waals surface area contributed by atoms with Gasteiger partial charge >= 0.3 is 0 Å². The summed E-state index contributed by atoms with van der Waals surface area (Å²) in [7, 11) is -0.775. The molecule has 1 rings (SSSR count). The molecule has 0 aliphatic carbocycles. The van der Waals surface area contributed by atoms with Gasteiger partial charge in [0.1, 0.15) is 0 Å². The van der Waals surface area contributed by atoms with Crippen LogP contribution in [0.5, 0.6) is 0 Å². The smallest absolute Gasteiger partial charge is 0.0437 e. The minimum Gasteiger partial charge on any atom is -0.309 e. The Morgan fingerprint density at radius 1 is 1.15 bits per heavy atom. The predicted octanol–water partition coefficient (Wildman–Crippen LogP) is 3.89. The molecule has 0 spiro atoms. The van der Waals surface area contributed by atoms with Gasteiger partial charge in [0.2, 0.25) is 0 Å². The molecule has 1 N–H and O–H groups in total. The zero-order valence-electron chi connectivity index (χ0n) is 13.5. The van der Waals surface area contributed by atoms with E-state index in [4.69, 9.17) is 0 Å². The van der Waals surface area contributed by atoms with Gasteiger partial charge in [-0.3, -0.25) is 4.21 Å². The van der Waals surface area contributed by atoms with Gasteiger partial charge in [0.15, 0.2) is 0 Å². The van der Waals surface area contributed by atoms with E-state index >= 15 is 0 Å². The molecule has 0 fully saturated rings. The van der Waals surface area contributed by atoms with Gasteiger partial charge in [-0.15, -0.1) is 0 Å². The van der Waals surface area contributed by atoms with Crippen LogP contribution in [0.1, 0.15) is 56.3 Å². The van der Waals surface area contributed by atoms with Crippen LogP contribution in [0.4, 0.5) is 0 Å². The van der Waals surface area contributed by atoms with Crippen molar-refractivity contribution in [1.29, 1.82) is 0 Å². The van der Waals surface area contributed by atoms with Crippen molar-refractivity contribution < 1.29 is 4.21 Å². The van der Waals surface area contributed by atoms with E-state index in [0.717, 1.165) is 19.4 Å². The van der Waals surface area contributed by atoms with Crippen LogP contribution in [0, 0.1) is 13.8 Å². The second kappa shape index (κ2) is 8.58. The molecule has 0 aromatic heterocycles. The number of nitrogens with one attached hydrogen (secondary N) is 1. The van der Waals surface area contributed by atoms with Crippen LogP contribution in [-0.4, -0.2) is 21.8 Å². The summed E-state index contributed by atoms with van der Waals surface area (Å²) in [6.07, 6.45) is 2.07. The van der Waals surface area contributed by atoms with Gasteiger partial charge in [0.25, 0.3) is 0 Å². The Morgan fingerprint density at radius 2 is 1.75 bits per heavy atom. The van der Waals surface area contributed by atoms with Crippen molar-refractivity contribution >= 4 is 10.8 Å². The summed E-state index contributed by atoms with van der Waals surface area (Å²) in [4.78, 5) is 0. The Labute approximate surface area is 126 Å². The summed E-state index contributed by atoms with van der Waals surface area (Å²) in [6, 6.07) is 6.82. The maximum atomic E-state index is 12.4. The zero-order chi connectivity index (χ0) is 15.1. The van der Waals surface area contributed by atoms with Crippen LogP contribution in [0.15, 0.2) is 18.2 Å². The van der Waals surface area contributed by atoms with E-state index in [2.05, 4.69) is 58.1 Å². The second-order valence-corrected chi connectivity index (χ2v) is 7.59. The quantitative estimate of drug-likeness (QED) is 0.788. The Hall–Kier alpha value is -0.670. The molecule has 3 unspecified atom stereocenters. The molecule has 0 aliphatic rings. The topological polar surface area (TPSA) is 29.1 Å². The molecule has 0 saturated heterocycles. The van der Waals surface area contributed by atoms with Crippen molar-refractivity contribution in [3.8, 4) is 0 Å². The number of hydrogen-bond donors (Lipinski definition) is 1. The highest BCUT2D eigenvalue weighted by molar-refractivity contribution is 7.85. The SMILES string of the molecule is CCCNC(CS(=O)C(C)CC)c1cc(C)cc(C)c1. The first-order valence-electron chi connectivity index (χ1n) is 7.66. The third-order valence-corrected chi connectivity index (χ3v) is 5.53. The molecule has 114 valence electrons. The van der Waals surface area contributed by atoms with E-state index in [0.29, 0.717) is 5.75 Å². The Kier molecular flexibility index (Phi) is 7.46. The van der Waals surface area contributed by atoms with Crippen molar-refractivity contribution in [2.45, 2.75) is 58.8 Å². The van der Waals surface area contributed by atoms with E-state index in [1.54, 1.807) is 0 Å². The van der Waals surface area contributed by atoms with Crippen LogP contribution >= 0.6 is 0 Å². The molecular weight excluding hydrogens is 266 g/mol. The number of benzene rings is 1. The van der Waals surface area contributed by atoms with Crippen molar-refractivity contribution in [1.82, 2.24) is 5.32 Å². The fourth-order valence-corrected chi connectivity index (χ4v) is 3.66. The predicted molar refractivity (Wildman–Crippen MR) is 89.7 cm³/mol. The third kappa shape index (κ3) is 5.37. The highest BCUT2D eigenvalue weighted by Crippen LogP contribution is 2.19. The van der Waals surface area contributed by atoms with Gasteiger partial charge in [-0.1, -0.05) is 50.1 Å². The summed E-state index contributed by atoms with van der Waals surface area (Å²) >= 11 is 0. The average Bonchev–Trinajstić information content (AvgIpc) is 2.41. The van der Waals surface area contributed by atoms with Crippen molar-refractivity contribution in [3.05, 3.63) is 34.9 Å². The molecule has 3 atom stereocenters. The average molecular weight is 295 g/mol. The lowest BCUT2D eigenvalue weighted by molar-refractivity contribution is 0.566. The molecular formula is C17H29NOS. The normalized spacial score (nSPS) is 15.8. The highest BCUT2D eigenvalue weighted by atomic mass is 32.2. The number of aryl methyl sites for hydroxylation is 2. The van der Waals surface area contributed by atoms with Gasteiger partial charge in [-0.05, 0) is 38.8 Å². The van der Waals surface area contributed by atoms with E-state index < -0.39 is 10.8 Å². The van der Waals surface area contributed by atoms with Crippen molar-refractivity contribution in [2.24, 2.45) is 0 Å². The molecule has 0 bridgehead atoms. The summed E-state index contributed by atoms with van der Waals surface area (Å²) in [5.41, 5.74) is 3.82. The Morgan fingerprint density at radius 3 is 2.25 bits per heavy atom. The van der Waals surface area contributed by atoms with Gasteiger partial charge in [0, 0.05) is 27.8 Å². The minimum absolute atomic E-state index is 0.198. The lowest BCUT2D eigenvalue weighted by Gasteiger charge is -2.21. The lowest BCUT2D eigenvalue weighted by Crippen LogP contribution is -2.29. The third-order valence-electron chi connectivity index (χ3n) is 3.64. The minimum atomic E-state index is -0.775. The summed E-state index contributed by atoms with van der Waals surface area (Å²) < 4.78 is 12.4. The largest absolute Gasteiger partial charge is 0.309 e. The number of hydrogen-bond acceptors (Lipinski definition) is 2. The Bertz CT molecular complexity index is 424. The highest BCUT2D eigenvalue weighted by Gasteiger charge is 2.18. The zero-order valence-corrected chi connectivity index (χ0v) is 14.3. The maximum Gasteiger partial charge on any atom is 0.0437 e. The second-order valence-electron chi connectivity index (χ2n) is 5.69. The standard InChI is InChI=1S/C17H29NOS/c1-6-8-18-17(12-20(19)15(5)7-2)16-10-13(3)9-14(4)11-16/h9-11,15,17-18H,6-8,12H2,1-5H3. The molecule has 20 heavy (non-hydrogen) atoms. The van der Waals surface area contributed by atoms with Crippen molar-refractivity contribution in [2.75, 3.05) is 12.3 Å². The van der Waals surface area contributed by atoms with Gasteiger partial charge < -0.3 is 5.32 Å². The van der Waals surface area contributed by atoms with E-state index in [-0.39, 0.29) is 11.3 Å². The lowest BCUT2D eigenvalue weighted by atomic mass is 10.0. The van der Waals surface area contributed by atoms with E-state index in [9.17, 15) is 4.21 Å². The molecule has 0 saturated carbocycles.